The molecule has 3 heterocycles. The Morgan fingerprint density at radius 1 is 1.12 bits per heavy atom. The van der Waals surface area contributed by atoms with Crippen LogP contribution in [0.1, 0.15) is 29.9 Å². The maximum atomic E-state index is 11.7. The fourth-order valence-electron chi connectivity index (χ4n) is 4.12. The molecule has 0 aliphatic rings. The van der Waals surface area contributed by atoms with Gasteiger partial charge in [0.1, 0.15) is 22.6 Å². The molecule has 0 saturated carbocycles. The van der Waals surface area contributed by atoms with Gasteiger partial charge in [-0.15, -0.1) is 0 Å². The largest absolute Gasteiger partial charge is 0.493 e. The molecule has 8 nitrogen and oxygen atoms in total. The Labute approximate surface area is 200 Å². The third kappa shape index (κ3) is 4.69. The normalized spacial score (nSPS) is 12.1. The van der Waals surface area contributed by atoms with Gasteiger partial charge < -0.3 is 20.1 Å². The minimum absolute atomic E-state index is 0.0366. The van der Waals surface area contributed by atoms with Gasteiger partial charge in [0.2, 0.25) is 0 Å². The molecule has 1 unspecified atom stereocenters. The summed E-state index contributed by atoms with van der Waals surface area (Å²) in [6, 6.07) is 17.4. The molecule has 1 atom stereocenters. The van der Waals surface area contributed by atoms with Crippen molar-refractivity contribution in [3.8, 4) is 5.75 Å². The maximum Gasteiger partial charge on any atom is 0.304 e. The first-order valence-electron chi connectivity index (χ1n) is 11.0. The van der Waals surface area contributed by atoms with Gasteiger partial charge in [-0.1, -0.05) is 18.2 Å². The van der Waals surface area contributed by atoms with Crippen molar-refractivity contribution < 1.29 is 14.6 Å². The van der Waals surface area contributed by atoms with E-state index < -0.39 is 5.97 Å². The molecule has 2 aromatic carbocycles. The minimum Gasteiger partial charge on any atom is -0.493 e. The van der Waals surface area contributed by atoms with Crippen molar-refractivity contribution in [2.75, 3.05) is 18.5 Å². The van der Waals surface area contributed by atoms with Crippen LogP contribution in [0.15, 0.2) is 67.0 Å². The lowest BCUT2D eigenvalue weighted by atomic mass is 9.87. The molecule has 9 heteroatoms. The first-order valence-corrected chi connectivity index (χ1v) is 11.7. The van der Waals surface area contributed by atoms with Gasteiger partial charge >= 0.3 is 5.97 Å². The van der Waals surface area contributed by atoms with E-state index in [-0.39, 0.29) is 12.3 Å². The van der Waals surface area contributed by atoms with E-state index in [2.05, 4.69) is 24.0 Å². The molecule has 34 heavy (non-hydrogen) atoms. The van der Waals surface area contributed by atoms with Gasteiger partial charge in [-0.3, -0.25) is 4.79 Å². The van der Waals surface area contributed by atoms with E-state index in [4.69, 9.17) is 4.74 Å². The number of nitrogens with one attached hydrogen (secondary N) is 2. The monoisotopic (exact) mass is 473 g/mol. The number of hydrogen-bond donors (Lipinski definition) is 3. The summed E-state index contributed by atoms with van der Waals surface area (Å²) in [5.41, 5.74) is 4.23. The fourth-order valence-corrected chi connectivity index (χ4v) is 4.68. The molecule has 0 spiro atoms. The van der Waals surface area contributed by atoms with Crippen LogP contribution in [0.2, 0.25) is 0 Å². The number of benzene rings is 2. The number of aromatic amines is 1. The summed E-state index contributed by atoms with van der Waals surface area (Å²) in [6.45, 7) is 1.33. The van der Waals surface area contributed by atoms with Crippen LogP contribution in [0.5, 0.6) is 5.75 Å². The third-order valence-electron chi connectivity index (χ3n) is 5.69. The van der Waals surface area contributed by atoms with Gasteiger partial charge in [0.05, 0.1) is 24.8 Å². The molecule has 172 valence electrons. The number of carboxylic acids is 1. The van der Waals surface area contributed by atoms with Gasteiger partial charge in [-0.05, 0) is 47.9 Å². The minimum atomic E-state index is -0.862. The number of carboxylic acid groups (broad SMARTS) is 1. The molecule has 3 aromatic heterocycles. The van der Waals surface area contributed by atoms with Crippen molar-refractivity contribution in [2.45, 2.75) is 18.8 Å². The molecular weight excluding hydrogens is 450 g/mol. The van der Waals surface area contributed by atoms with Gasteiger partial charge in [0, 0.05) is 41.8 Å². The summed E-state index contributed by atoms with van der Waals surface area (Å²) in [6.07, 6.45) is 4.44. The number of ether oxygens (including phenoxy) is 1. The Bertz CT molecular complexity index is 1420. The van der Waals surface area contributed by atoms with Crippen molar-refractivity contribution in [3.05, 3.63) is 78.1 Å². The molecule has 0 radical (unpaired) electrons. The molecule has 0 aliphatic carbocycles. The van der Waals surface area contributed by atoms with Crippen LogP contribution in [0.4, 0.5) is 5.82 Å². The average molecular weight is 474 g/mol. The zero-order chi connectivity index (χ0) is 23.3. The molecule has 0 bridgehead atoms. The summed E-state index contributed by atoms with van der Waals surface area (Å²) in [5, 5.41) is 13.9. The van der Waals surface area contributed by atoms with Crippen molar-refractivity contribution >= 4 is 45.5 Å². The van der Waals surface area contributed by atoms with E-state index in [1.165, 1.54) is 0 Å². The highest BCUT2D eigenvalue weighted by Crippen LogP contribution is 2.37. The number of nitrogens with zero attached hydrogens (tertiary/aromatic N) is 3. The number of carbonyl (C=O) groups is 1. The highest BCUT2D eigenvalue weighted by atomic mass is 32.1. The molecule has 5 aromatic rings. The second-order valence-electron chi connectivity index (χ2n) is 7.92. The lowest BCUT2D eigenvalue weighted by Gasteiger charge is -2.15. The number of aliphatic carboxylic acids is 1. The summed E-state index contributed by atoms with van der Waals surface area (Å²) in [4.78, 5) is 19.3. The highest BCUT2D eigenvalue weighted by molar-refractivity contribution is 7.00. The number of anilines is 1. The number of fused-ring (bicyclic) bond motifs is 2. The van der Waals surface area contributed by atoms with Gasteiger partial charge in [0.15, 0.2) is 0 Å². The Hall–Kier alpha value is -3.98. The van der Waals surface area contributed by atoms with Crippen molar-refractivity contribution in [1.82, 2.24) is 18.7 Å². The van der Waals surface area contributed by atoms with Gasteiger partial charge in [-0.2, -0.15) is 8.75 Å². The molecular formula is C25H23N5O3S. The second kappa shape index (κ2) is 9.88. The van der Waals surface area contributed by atoms with Crippen LogP contribution >= 0.6 is 11.7 Å². The Balaban J connectivity index is 1.32. The maximum absolute atomic E-state index is 11.7. The number of H-pyrrole nitrogens is 1. The quantitative estimate of drug-likeness (QED) is 0.243. The van der Waals surface area contributed by atoms with E-state index in [0.717, 1.165) is 69.3 Å². The zero-order valence-electron chi connectivity index (χ0n) is 18.3. The Morgan fingerprint density at radius 3 is 2.91 bits per heavy atom. The molecule has 3 N–H and O–H groups in total. The molecule has 0 amide bonds. The van der Waals surface area contributed by atoms with Crippen molar-refractivity contribution in [3.63, 3.8) is 0 Å². The Morgan fingerprint density at radius 2 is 2.06 bits per heavy atom. The first kappa shape index (κ1) is 21.8. The second-order valence-corrected chi connectivity index (χ2v) is 8.45. The predicted molar refractivity (Wildman–Crippen MR) is 133 cm³/mol. The summed E-state index contributed by atoms with van der Waals surface area (Å²) >= 11 is 1.14. The van der Waals surface area contributed by atoms with E-state index in [0.29, 0.717) is 6.61 Å². The highest BCUT2D eigenvalue weighted by Gasteiger charge is 2.24. The van der Waals surface area contributed by atoms with Gasteiger partial charge in [-0.25, -0.2) is 4.98 Å². The standard InChI is InChI=1S/C25H23N5O3S/c31-24(32)14-19(18-5-3-6-21-25(18)30-34-29-21)20-15-28-22-13-16(8-9-17(20)22)33-12-4-11-27-23-7-1-2-10-26-23/h1-3,5-10,13,15,19,28H,4,11-12,14H2,(H,26,27)(H,31,32). The predicted octanol–water partition coefficient (Wildman–Crippen LogP) is 5.06. The van der Waals surface area contributed by atoms with Gasteiger partial charge in [0.25, 0.3) is 0 Å². The third-order valence-corrected chi connectivity index (χ3v) is 6.24. The van der Waals surface area contributed by atoms with Crippen LogP contribution in [-0.4, -0.2) is 42.9 Å². The molecule has 0 aliphatic heterocycles. The van der Waals surface area contributed by atoms with E-state index in [9.17, 15) is 9.90 Å². The number of rotatable bonds is 10. The summed E-state index contributed by atoms with van der Waals surface area (Å²) in [7, 11) is 0. The SMILES string of the molecule is O=C(O)CC(c1c[nH]c2cc(OCCCNc3ccccn3)ccc12)c1cccc2nsnc12. The van der Waals surface area contributed by atoms with Crippen molar-refractivity contribution in [2.24, 2.45) is 0 Å². The lowest BCUT2D eigenvalue weighted by molar-refractivity contribution is -0.137. The lowest BCUT2D eigenvalue weighted by Crippen LogP contribution is -2.08. The summed E-state index contributed by atoms with van der Waals surface area (Å²) in [5.74, 6) is 0.407. The summed E-state index contributed by atoms with van der Waals surface area (Å²) < 4.78 is 14.7. The van der Waals surface area contributed by atoms with Crippen LogP contribution in [0, 0.1) is 0 Å². The van der Waals surface area contributed by atoms with E-state index >= 15 is 0 Å². The van der Waals surface area contributed by atoms with Crippen molar-refractivity contribution in [1.29, 1.82) is 0 Å². The van der Waals surface area contributed by atoms with E-state index in [1.54, 1.807) is 6.20 Å². The number of pyridine rings is 1. The fraction of sp³-hybridized carbons (Fsp3) is 0.200. The zero-order valence-corrected chi connectivity index (χ0v) is 19.1. The van der Waals surface area contributed by atoms with Crippen LogP contribution in [0.25, 0.3) is 21.9 Å². The average Bonchev–Trinajstić information content (AvgIpc) is 3.50. The number of hydrogen-bond acceptors (Lipinski definition) is 7. The molecule has 0 fully saturated rings. The van der Waals surface area contributed by atoms with Crippen LogP contribution in [-0.2, 0) is 4.79 Å². The first-order chi connectivity index (χ1) is 16.7. The van der Waals surface area contributed by atoms with Crippen LogP contribution in [0.3, 0.4) is 0 Å². The van der Waals surface area contributed by atoms with Crippen LogP contribution < -0.4 is 10.1 Å². The Kier molecular flexibility index (Phi) is 6.35. The molecule has 0 saturated heterocycles. The smallest absolute Gasteiger partial charge is 0.304 e. The topological polar surface area (TPSA) is 113 Å². The number of aromatic nitrogens is 4. The van der Waals surface area contributed by atoms with E-state index in [1.807, 2.05) is 60.8 Å². The molecule has 5 rings (SSSR count).